The van der Waals surface area contributed by atoms with Crippen molar-refractivity contribution in [2.75, 3.05) is 13.1 Å². The fraction of sp³-hybridized carbons (Fsp3) is 0.300. The van der Waals surface area contributed by atoms with Crippen molar-refractivity contribution in [1.82, 2.24) is 25.2 Å². The van der Waals surface area contributed by atoms with E-state index in [0.717, 1.165) is 22.4 Å². The Morgan fingerprint density at radius 2 is 2.15 bits per heavy atom. The molecule has 3 heterocycles. The molecule has 1 fully saturated rings. The first-order chi connectivity index (χ1) is 13.2. The number of pyridine rings is 1. The zero-order valence-corrected chi connectivity index (χ0v) is 14.9. The molecule has 1 aliphatic rings. The minimum Gasteiger partial charge on any atom is -0.355 e. The van der Waals surface area contributed by atoms with Crippen LogP contribution in [0.1, 0.15) is 17.8 Å². The molecule has 138 valence electrons. The molecule has 7 nitrogen and oxygen atoms in total. The van der Waals surface area contributed by atoms with Crippen molar-refractivity contribution in [3.63, 3.8) is 0 Å². The third kappa shape index (κ3) is 3.97. The number of fused-ring (bicyclic) bond motifs is 1. The molecule has 4 rings (SSSR count). The number of nitrogens with zero attached hydrogens (tertiary/aromatic N) is 3. The average Bonchev–Trinajstić information content (AvgIpc) is 3.26. The first-order valence-corrected chi connectivity index (χ1v) is 9.07. The lowest BCUT2D eigenvalue weighted by molar-refractivity contribution is -0.129. The molecule has 1 aliphatic heterocycles. The van der Waals surface area contributed by atoms with E-state index in [-0.39, 0.29) is 24.2 Å². The lowest BCUT2D eigenvalue weighted by Gasteiger charge is -2.16. The van der Waals surface area contributed by atoms with E-state index in [0.29, 0.717) is 26.1 Å². The molecule has 2 amide bonds. The van der Waals surface area contributed by atoms with Gasteiger partial charge in [0.15, 0.2) is 0 Å². The second-order valence-electron chi connectivity index (χ2n) is 6.78. The Kier molecular flexibility index (Phi) is 4.82. The number of benzene rings is 1. The summed E-state index contributed by atoms with van der Waals surface area (Å²) in [7, 11) is 0. The van der Waals surface area contributed by atoms with Crippen LogP contribution in [0.15, 0.2) is 48.8 Å². The molecule has 2 N–H and O–H groups in total. The van der Waals surface area contributed by atoms with E-state index in [2.05, 4.69) is 20.3 Å². The first kappa shape index (κ1) is 17.2. The predicted octanol–water partition coefficient (Wildman–Crippen LogP) is 1.67. The van der Waals surface area contributed by atoms with Crippen molar-refractivity contribution in [2.45, 2.75) is 19.4 Å². The van der Waals surface area contributed by atoms with Crippen molar-refractivity contribution in [3.8, 4) is 0 Å². The van der Waals surface area contributed by atoms with Gasteiger partial charge in [0.2, 0.25) is 11.8 Å². The highest BCUT2D eigenvalue weighted by Gasteiger charge is 2.34. The van der Waals surface area contributed by atoms with Gasteiger partial charge in [0, 0.05) is 44.9 Å². The van der Waals surface area contributed by atoms with E-state index in [4.69, 9.17) is 0 Å². The van der Waals surface area contributed by atoms with Crippen LogP contribution in [0, 0.1) is 5.92 Å². The fourth-order valence-corrected chi connectivity index (χ4v) is 3.39. The van der Waals surface area contributed by atoms with Gasteiger partial charge in [-0.2, -0.15) is 0 Å². The molecule has 1 saturated heterocycles. The number of nitrogens with one attached hydrogen (secondary N) is 2. The molecule has 2 aromatic heterocycles. The number of hydrogen-bond donors (Lipinski definition) is 2. The van der Waals surface area contributed by atoms with E-state index in [1.807, 2.05) is 36.4 Å². The normalized spacial score (nSPS) is 16.8. The van der Waals surface area contributed by atoms with Crippen LogP contribution in [-0.4, -0.2) is 44.8 Å². The number of H-pyrrole nitrogens is 1. The largest absolute Gasteiger partial charge is 0.355 e. The maximum absolute atomic E-state index is 12.4. The number of imidazole rings is 1. The summed E-state index contributed by atoms with van der Waals surface area (Å²) in [5, 5.41) is 2.93. The van der Waals surface area contributed by atoms with Gasteiger partial charge in [-0.15, -0.1) is 0 Å². The Morgan fingerprint density at radius 1 is 1.26 bits per heavy atom. The summed E-state index contributed by atoms with van der Waals surface area (Å²) in [6.45, 7) is 1.44. The van der Waals surface area contributed by atoms with Crippen LogP contribution >= 0.6 is 0 Å². The molecule has 3 aromatic rings. The van der Waals surface area contributed by atoms with Crippen molar-refractivity contribution >= 4 is 22.8 Å². The number of carbonyl (C=O) groups is 2. The van der Waals surface area contributed by atoms with E-state index in [9.17, 15) is 9.59 Å². The van der Waals surface area contributed by atoms with Gasteiger partial charge in [0.05, 0.1) is 17.0 Å². The zero-order chi connectivity index (χ0) is 18.6. The zero-order valence-electron chi connectivity index (χ0n) is 14.9. The van der Waals surface area contributed by atoms with Gasteiger partial charge in [-0.05, 0) is 23.8 Å². The van der Waals surface area contributed by atoms with Crippen LogP contribution in [0.4, 0.5) is 0 Å². The smallest absolute Gasteiger partial charge is 0.225 e. The van der Waals surface area contributed by atoms with Crippen LogP contribution in [-0.2, 0) is 22.6 Å². The summed E-state index contributed by atoms with van der Waals surface area (Å²) in [5.74, 6) is 0.478. The predicted molar refractivity (Wildman–Crippen MR) is 101 cm³/mol. The Labute approximate surface area is 156 Å². The topological polar surface area (TPSA) is 91.0 Å². The number of carbonyl (C=O) groups excluding carboxylic acids is 2. The highest BCUT2D eigenvalue weighted by Crippen LogP contribution is 2.20. The summed E-state index contributed by atoms with van der Waals surface area (Å²) >= 11 is 0. The summed E-state index contributed by atoms with van der Waals surface area (Å²) in [6, 6.07) is 11.6. The molecule has 27 heavy (non-hydrogen) atoms. The summed E-state index contributed by atoms with van der Waals surface area (Å²) < 4.78 is 0. The molecular formula is C20H21N5O2. The molecule has 0 radical (unpaired) electrons. The van der Waals surface area contributed by atoms with Gasteiger partial charge in [-0.1, -0.05) is 18.2 Å². The molecule has 0 saturated carbocycles. The Morgan fingerprint density at radius 3 is 2.96 bits per heavy atom. The monoisotopic (exact) mass is 363 g/mol. The van der Waals surface area contributed by atoms with Gasteiger partial charge in [0.25, 0.3) is 0 Å². The number of rotatable bonds is 6. The average molecular weight is 363 g/mol. The number of aromatic amines is 1. The second kappa shape index (κ2) is 7.57. The van der Waals surface area contributed by atoms with Crippen LogP contribution in [0.3, 0.4) is 0 Å². The number of para-hydroxylation sites is 2. The summed E-state index contributed by atoms with van der Waals surface area (Å²) in [5.41, 5.74) is 2.88. The molecule has 7 heteroatoms. The molecule has 1 atom stereocenters. The molecule has 0 spiro atoms. The quantitative estimate of drug-likeness (QED) is 0.697. The first-order valence-electron chi connectivity index (χ1n) is 9.07. The molecule has 1 aromatic carbocycles. The standard InChI is InChI=1S/C20H21N5O2/c26-19-10-15(13-25(19)12-14-4-3-8-21-11-14)20(27)22-9-7-18-23-16-5-1-2-6-17(16)24-18/h1-6,8,11,15H,7,9-10,12-13H2,(H,22,27)(H,23,24)/t15-/m1/s1. The SMILES string of the molecule is O=C(NCCc1nc2ccccc2[nH]1)[C@@H]1CC(=O)N(Cc2cccnc2)C1. The summed E-state index contributed by atoms with van der Waals surface area (Å²) in [4.78, 5) is 38.2. The lowest BCUT2D eigenvalue weighted by atomic mass is 10.1. The van der Waals surface area contributed by atoms with E-state index in [1.54, 1.807) is 17.3 Å². The number of aromatic nitrogens is 3. The van der Waals surface area contributed by atoms with Crippen LogP contribution < -0.4 is 5.32 Å². The second-order valence-corrected chi connectivity index (χ2v) is 6.78. The Bertz CT molecular complexity index is 920. The third-order valence-corrected chi connectivity index (χ3v) is 4.78. The van der Waals surface area contributed by atoms with Crippen LogP contribution in [0.25, 0.3) is 11.0 Å². The van der Waals surface area contributed by atoms with Gasteiger partial charge < -0.3 is 15.2 Å². The lowest BCUT2D eigenvalue weighted by Crippen LogP contribution is -2.34. The third-order valence-electron chi connectivity index (χ3n) is 4.78. The number of hydrogen-bond acceptors (Lipinski definition) is 4. The molecule has 0 bridgehead atoms. The van der Waals surface area contributed by atoms with Crippen molar-refractivity contribution < 1.29 is 9.59 Å². The van der Waals surface area contributed by atoms with Gasteiger partial charge in [-0.25, -0.2) is 4.98 Å². The maximum Gasteiger partial charge on any atom is 0.225 e. The van der Waals surface area contributed by atoms with Crippen molar-refractivity contribution in [1.29, 1.82) is 0 Å². The van der Waals surface area contributed by atoms with Crippen LogP contribution in [0.2, 0.25) is 0 Å². The number of likely N-dealkylation sites (tertiary alicyclic amines) is 1. The highest BCUT2D eigenvalue weighted by molar-refractivity contribution is 5.89. The summed E-state index contributed by atoms with van der Waals surface area (Å²) in [6.07, 6.45) is 4.33. The number of amides is 2. The Balaban J connectivity index is 1.27. The van der Waals surface area contributed by atoms with Gasteiger partial charge in [-0.3, -0.25) is 14.6 Å². The van der Waals surface area contributed by atoms with Crippen LogP contribution in [0.5, 0.6) is 0 Å². The van der Waals surface area contributed by atoms with Crippen molar-refractivity contribution in [2.24, 2.45) is 5.92 Å². The minimum atomic E-state index is -0.301. The van der Waals surface area contributed by atoms with E-state index < -0.39 is 0 Å². The maximum atomic E-state index is 12.4. The van der Waals surface area contributed by atoms with E-state index in [1.165, 1.54) is 0 Å². The minimum absolute atomic E-state index is 0.0105. The molecule has 0 unspecified atom stereocenters. The fourth-order valence-electron chi connectivity index (χ4n) is 3.39. The van der Waals surface area contributed by atoms with E-state index >= 15 is 0 Å². The molecule has 0 aliphatic carbocycles. The van der Waals surface area contributed by atoms with Gasteiger partial charge in [0.1, 0.15) is 5.82 Å². The Hall–Kier alpha value is -3.22. The highest BCUT2D eigenvalue weighted by atomic mass is 16.2. The molecular weight excluding hydrogens is 342 g/mol. The van der Waals surface area contributed by atoms with Crippen molar-refractivity contribution in [3.05, 3.63) is 60.2 Å². The van der Waals surface area contributed by atoms with Gasteiger partial charge >= 0.3 is 0 Å².